The van der Waals surface area contributed by atoms with Gasteiger partial charge in [-0.15, -0.1) is 0 Å². The van der Waals surface area contributed by atoms with Gasteiger partial charge >= 0.3 is 0 Å². The second-order valence-corrected chi connectivity index (χ2v) is 6.87. The molecule has 0 saturated heterocycles. The van der Waals surface area contributed by atoms with E-state index < -0.39 is 0 Å². The first kappa shape index (κ1) is 16.4. The average molecular weight is 348 g/mol. The summed E-state index contributed by atoms with van der Waals surface area (Å²) in [4.78, 5) is 0. The quantitative estimate of drug-likeness (QED) is 0.520. The predicted octanol–water partition coefficient (Wildman–Crippen LogP) is 6.76. The topological polar surface area (TPSA) is 12.0 Å². The van der Waals surface area contributed by atoms with Gasteiger partial charge in [-0.25, -0.2) is 0 Å². The molecule has 0 fully saturated rings. The highest BCUT2D eigenvalue weighted by molar-refractivity contribution is 9.10. The molecule has 1 nitrogen and oxygen atoms in total. The molecule has 0 aliphatic rings. The fourth-order valence-electron chi connectivity index (χ4n) is 2.72. The maximum Gasteiger partial charge on any atom is 0.0348 e. The van der Waals surface area contributed by atoms with Crippen molar-refractivity contribution in [3.8, 4) is 0 Å². The van der Waals surface area contributed by atoms with Gasteiger partial charge in [0.2, 0.25) is 0 Å². The predicted molar refractivity (Wildman–Crippen MR) is 98.1 cm³/mol. The molecule has 1 atom stereocenters. The van der Waals surface area contributed by atoms with Crippen LogP contribution in [0.5, 0.6) is 0 Å². The van der Waals surface area contributed by atoms with E-state index in [1.807, 2.05) is 0 Å². The lowest BCUT2D eigenvalue weighted by molar-refractivity contribution is 0.578. The van der Waals surface area contributed by atoms with Crippen molar-refractivity contribution in [2.75, 3.05) is 5.32 Å². The lowest BCUT2D eigenvalue weighted by Gasteiger charge is -2.15. The summed E-state index contributed by atoms with van der Waals surface area (Å²) in [7, 11) is 0. The van der Waals surface area contributed by atoms with Crippen molar-refractivity contribution in [1.82, 2.24) is 0 Å². The second kappa shape index (κ2) is 8.43. The van der Waals surface area contributed by atoms with E-state index in [4.69, 9.17) is 0 Å². The molecule has 0 heterocycles. The summed E-state index contributed by atoms with van der Waals surface area (Å²) in [5.41, 5.74) is 1.23. The van der Waals surface area contributed by atoms with Gasteiger partial charge in [-0.05, 0) is 48.4 Å². The molecule has 0 aliphatic carbocycles. The first-order valence-electron chi connectivity index (χ1n) is 8.15. The Hall–Kier alpha value is -1.02. The molecule has 0 spiro atoms. The van der Waals surface area contributed by atoms with Crippen LogP contribution in [0, 0.1) is 0 Å². The number of halogens is 1. The first-order valence-corrected chi connectivity index (χ1v) is 8.94. The van der Waals surface area contributed by atoms with Crippen molar-refractivity contribution < 1.29 is 0 Å². The number of anilines is 1. The molecule has 1 unspecified atom stereocenters. The third-order valence-electron chi connectivity index (χ3n) is 3.96. The van der Waals surface area contributed by atoms with Crippen LogP contribution in [0.25, 0.3) is 10.8 Å². The number of hydrogen-bond donors (Lipinski definition) is 1. The molecule has 114 valence electrons. The normalized spacial score (nSPS) is 12.5. The number of rotatable bonds is 8. The van der Waals surface area contributed by atoms with Gasteiger partial charge in [-0.1, -0.05) is 67.1 Å². The summed E-state index contributed by atoms with van der Waals surface area (Å²) in [5, 5.41) is 6.20. The van der Waals surface area contributed by atoms with E-state index >= 15 is 0 Å². The van der Waals surface area contributed by atoms with Crippen molar-refractivity contribution >= 4 is 32.4 Å². The molecule has 0 saturated carbocycles. The van der Waals surface area contributed by atoms with E-state index in [-0.39, 0.29) is 0 Å². The zero-order valence-electron chi connectivity index (χ0n) is 13.2. The average Bonchev–Trinajstić information content (AvgIpc) is 2.47. The SMILES string of the molecule is CCCCCCCC(C)Nc1ccc2cc(Br)ccc2c1. The van der Waals surface area contributed by atoms with Crippen molar-refractivity contribution in [3.63, 3.8) is 0 Å². The lowest BCUT2D eigenvalue weighted by Crippen LogP contribution is -2.14. The molecule has 2 heteroatoms. The number of fused-ring (bicyclic) bond motifs is 1. The smallest absolute Gasteiger partial charge is 0.0348 e. The van der Waals surface area contributed by atoms with E-state index in [0.717, 1.165) is 4.47 Å². The number of nitrogens with one attached hydrogen (secondary N) is 1. The Morgan fingerprint density at radius 3 is 2.48 bits per heavy atom. The van der Waals surface area contributed by atoms with E-state index in [1.165, 1.54) is 55.0 Å². The zero-order chi connectivity index (χ0) is 15.1. The molecule has 2 aromatic rings. The van der Waals surface area contributed by atoms with Crippen LogP contribution in [0.2, 0.25) is 0 Å². The van der Waals surface area contributed by atoms with Gasteiger partial charge in [-0.3, -0.25) is 0 Å². The van der Waals surface area contributed by atoms with Crippen LogP contribution in [-0.4, -0.2) is 6.04 Å². The minimum Gasteiger partial charge on any atom is -0.383 e. The third-order valence-corrected chi connectivity index (χ3v) is 4.45. The van der Waals surface area contributed by atoms with Crippen molar-refractivity contribution in [1.29, 1.82) is 0 Å². The van der Waals surface area contributed by atoms with Crippen LogP contribution >= 0.6 is 15.9 Å². The highest BCUT2D eigenvalue weighted by Crippen LogP contribution is 2.23. The molecular weight excluding hydrogens is 322 g/mol. The van der Waals surface area contributed by atoms with E-state index in [9.17, 15) is 0 Å². The van der Waals surface area contributed by atoms with Gasteiger partial charge in [0.15, 0.2) is 0 Å². The summed E-state index contributed by atoms with van der Waals surface area (Å²) in [6, 6.07) is 13.6. The number of unbranched alkanes of at least 4 members (excludes halogenated alkanes) is 4. The molecule has 0 radical (unpaired) electrons. The Bertz CT molecular complexity index is 564. The monoisotopic (exact) mass is 347 g/mol. The van der Waals surface area contributed by atoms with Crippen LogP contribution in [0.4, 0.5) is 5.69 Å². The fraction of sp³-hybridized carbons (Fsp3) is 0.474. The van der Waals surface area contributed by atoms with Gasteiger partial charge in [0.1, 0.15) is 0 Å². The molecule has 0 amide bonds. The molecule has 21 heavy (non-hydrogen) atoms. The zero-order valence-corrected chi connectivity index (χ0v) is 14.7. The lowest BCUT2D eigenvalue weighted by atomic mass is 10.1. The maximum absolute atomic E-state index is 3.63. The minimum absolute atomic E-state index is 0.541. The Labute approximate surface area is 137 Å². The third kappa shape index (κ3) is 5.35. The van der Waals surface area contributed by atoms with E-state index in [2.05, 4.69) is 71.5 Å². The Kier molecular flexibility index (Phi) is 6.56. The van der Waals surface area contributed by atoms with E-state index in [0.29, 0.717) is 6.04 Å². The van der Waals surface area contributed by atoms with Crippen molar-refractivity contribution in [3.05, 3.63) is 40.9 Å². The summed E-state index contributed by atoms with van der Waals surface area (Å²) in [6.45, 7) is 4.55. The molecule has 0 aliphatic heterocycles. The molecule has 2 aromatic carbocycles. The minimum atomic E-state index is 0.541. The Morgan fingerprint density at radius 1 is 0.952 bits per heavy atom. The van der Waals surface area contributed by atoms with E-state index in [1.54, 1.807) is 0 Å². The van der Waals surface area contributed by atoms with Crippen LogP contribution in [0.3, 0.4) is 0 Å². The summed E-state index contributed by atoms with van der Waals surface area (Å²) in [6.07, 6.45) is 8.03. The molecule has 2 rings (SSSR count). The molecular formula is C19H26BrN. The Balaban J connectivity index is 1.86. The molecule has 0 bridgehead atoms. The highest BCUT2D eigenvalue weighted by Gasteiger charge is 2.03. The number of hydrogen-bond acceptors (Lipinski definition) is 1. The van der Waals surface area contributed by atoms with Gasteiger partial charge in [0, 0.05) is 16.2 Å². The van der Waals surface area contributed by atoms with Crippen LogP contribution < -0.4 is 5.32 Å². The largest absolute Gasteiger partial charge is 0.383 e. The van der Waals surface area contributed by atoms with Crippen LogP contribution in [0.15, 0.2) is 40.9 Å². The van der Waals surface area contributed by atoms with Crippen molar-refractivity contribution in [2.45, 2.75) is 58.4 Å². The second-order valence-electron chi connectivity index (χ2n) is 5.95. The fourth-order valence-corrected chi connectivity index (χ4v) is 3.10. The van der Waals surface area contributed by atoms with Gasteiger partial charge in [0.05, 0.1) is 0 Å². The maximum atomic E-state index is 3.63. The van der Waals surface area contributed by atoms with Crippen LogP contribution in [0.1, 0.15) is 52.4 Å². The van der Waals surface area contributed by atoms with Gasteiger partial charge in [0.25, 0.3) is 0 Å². The van der Waals surface area contributed by atoms with Gasteiger partial charge < -0.3 is 5.32 Å². The first-order chi connectivity index (χ1) is 10.2. The molecule has 1 N–H and O–H groups in total. The standard InChI is InChI=1S/C19H26BrN/c1-3-4-5-6-7-8-15(2)21-19-12-10-16-13-18(20)11-9-17(16)14-19/h9-15,21H,3-8H2,1-2H3. The molecule has 0 aromatic heterocycles. The van der Waals surface area contributed by atoms with Gasteiger partial charge in [-0.2, -0.15) is 0 Å². The number of benzene rings is 2. The highest BCUT2D eigenvalue weighted by atomic mass is 79.9. The summed E-state index contributed by atoms with van der Waals surface area (Å²) >= 11 is 3.52. The van der Waals surface area contributed by atoms with Crippen LogP contribution in [-0.2, 0) is 0 Å². The Morgan fingerprint density at radius 2 is 1.67 bits per heavy atom. The summed E-state index contributed by atoms with van der Waals surface area (Å²) in [5.74, 6) is 0. The van der Waals surface area contributed by atoms with Crippen molar-refractivity contribution in [2.24, 2.45) is 0 Å². The summed E-state index contributed by atoms with van der Waals surface area (Å²) < 4.78 is 1.14.